The van der Waals surface area contributed by atoms with E-state index in [1.54, 1.807) is 0 Å². The van der Waals surface area contributed by atoms with Crippen LogP contribution in [0.1, 0.15) is 239 Å². The summed E-state index contributed by atoms with van der Waals surface area (Å²) in [6.07, 6.45) is 58.0. The van der Waals surface area contributed by atoms with Crippen LogP contribution in [-0.2, 0) is 28.6 Å². The Balaban J connectivity index is 4.16. The molecule has 0 aliphatic rings. The van der Waals surface area contributed by atoms with Crippen LogP contribution in [-0.4, -0.2) is 37.2 Å². The largest absolute Gasteiger partial charge is 0.462 e. The van der Waals surface area contributed by atoms with E-state index in [1.807, 2.05) is 0 Å². The number of esters is 3. The number of carbonyl (C=O) groups excluding carboxylic acids is 3. The van der Waals surface area contributed by atoms with E-state index in [4.69, 9.17) is 14.2 Å². The maximum Gasteiger partial charge on any atom is 0.306 e. The van der Waals surface area contributed by atoms with Crippen molar-refractivity contribution in [2.24, 2.45) is 0 Å². The Morgan fingerprint density at radius 3 is 1.08 bits per heavy atom. The molecular formula is C53H92O6. The summed E-state index contributed by atoms with van der Waals surface area (Å²) in [7, 11) is 0. The van der Waals surface area contributed by atoms with Crippen molar-refractivity contribution in [2.75, 3.05) is 13.2 Å². The van der Waals surface area contributed by atoms with Gasteiger partial charge in [0.1, 0.15) is 13.2 Å². The molecule has 0 saturated heterocycles. The Kier molecular flexibility index (Phi) is 45.4. The Hall–Kier alpha value is -2.89. The van der Waals surface area contributed by atoms with Crippen LogP contribution in [0.25, 0.3) is 0 Å². The maximum absolute atomic E-state index is 12.7. The summed E-state index contributed by atoms with van der Waals surface area (Å²) in [5.74, 6) is -0.901. The second-order valence-corrected chi connectivity index (χ2v) is 16.3. The first kappa shape index (κ1) is 56.1. The normalized spacial score (nSPS) is 12.5. The summed E-state index contributed by atoms with van der Waals surface area (Å²) in [5, 5.41) is 0. The van der Waals surface area contributed by atoms with Crippen LogP contribution >= 0.6 is 0 Å². The van der Waals surface area contributed by atoms with E-state index >= 15 is 0 Å². The molecule has 0 radical (unpaired) electrons. The zero-order valence-electron chi connectivity index (χ0n) is 38.8. The highest BCUT2D eigenvalue weighted by Gasteiger charge is 2.19. The molecule has 0 bridgehead atoms. The average molecular weight is 825 g/mol. The summed E-state index contributed by atoms with van der Waals surface area (Å²) in [6.45, 7) is 6.43. The Morgan fingerprint density at radius 1 is 0.356 bits per heavy atom. The number of rotatable bonds is 44. The highest BCUT2D eigenvalue weighted by atomic mass is 16.6. The Labute approximate surface area is 364 Å². The van der Waals surface area contributed by atoms with Crippen LogP contribution in [0.2, 0.25) is 0 Å². The lowest BCUT2D eigenvalue weighted by Gasteiger charge is -2.18. The molecule has 1 unspecified atom stereocenters. The number of hydrogen-bond donors (Lipinski definition) is 0. The highest BCUT2D eigenvalue weighted by Crippen LogP contribution is 2.14. The molecular weight excluding hydrogens is 733 g/mol. The molecule has 0 aliphatic carbocycles. The fraction of sp³-hybridized carbons (Fsp3) is 0.755. The van der Waals surface area contributed by atoms with Gasteiger partial charge in [0.2, 0.25) is 0 Å². The van der Waals surface area contributed by atoms with E-state index < -0.39 is 6.10 Å². The van der Waals surface area contributed by atoms with E-state index in [0.29, 0.717) is 19.3 Å². The molecule has 6 heteroatoms. The van der Waals surface area contributed by atoms with Crippen LogP contribution < -0.4 is 0 Å². The van der Waals surface area contributed by atoms with Gasteiger partial charge in [0.15, 0.2) is 6.10 Å². The maximum atomic E-state index is 12.7. The van der Waals surface area contributed by atoms with Gasteiger partial charge in [0, 0.05) is 19.3 Å². The Bertz CT molecular complexity index is 1090. The van der Waals surface area contributed by atoms with Gasteiger partial charge in [-0.05, 0) is 83.5 Å². The zero-order chi connectivity index (χ0) is 43.0. The SMILES string of the molecule is CC/C=C\C/C=C\C/C=C\C/C=C\CCCCCCCCCCCCC(=O)OCC(COC(=O)CCCCCCCC)OC(=O)CCCCCCC/C=C\CCCCC. The van der Waals surface area contributed by atoms with Crippen molar-refractivity contribution in [3.8, 4) is 0 Å². The average Bonchev–Trinajstić information content (AvgIpc) is 3.23. The van der Waals surface area contributed by atoms with Crippen LogP contribution in [0.4, 0.5) is 0 Å². The zero-order valence-corrected chi connectivity index (χ0v) is 38.8. The van der Waals surface area contributed by atoms with Gasteiger partial charge in [-0.1, -0.05) is 197 Å². The molecule has 340 valence electrons. The van der Waals surface area contributed by atoms with Gasteiger partial charge < -0.3 is 14.2 Å². The van der Waals surface area contributed by atoms with Crippen molar-refractivity contribution in [3.05, 3.63) is 60.8 Å². The second-order valence-electron chi connectivity index (χ2n) is 16.3. The third-order valence-electron chi connectivity index (χ3n) is 10.5. The lowest BCUT2D eigenvalue weighted by molar-refractivity contribution is -0.167. The van der Waals surface area contributed by atoms with Crippen LogP contribution in [0.15, 0.2) is 60.8 Å². The second kappa shape index (κ2) is 47.8. The predicted octanol–water partition coefficient (Wildman–Crippen LogP) is 16.1. The molecule has 0 spiro atoms. The van der Waals surface area contributed by atoms with Crippen molar-refractivity contribution in [1.82, 2.24) is 0 Å². The first-order valence-electron chi connectivity index (χ1n) is 24.8. The standard InChI is InChI=1S/C53H92O6/c1-4-7-10-13-16-18-20-22-23-24-25-26-27-28-29-30-31-32-34-35-37-40-43-46-52(55)58-49-50(48-57-51(54)45-42-39-15-12-9-6-3)59-53(56)47-44-41-38-36-33-21-19-17-14-11-8-5-2/h7,10,16-19,22-23,25-26,50H,4-6,8-9,11-15,20-21,24,27-49H2,1-3H3/b10-7-,18-16-,19-17-,23-22-,26-25-. The van der Waals surface area contributed by atoms with Gasteiger partial charge in [-0.15, -0.1) is 0 Å². The lowest BCUT2D eigenvalue weighted by atomic mass is 10.1. The topological polar surface area (TPSA) is 78.9 Å². The fourth-order valence-electron chi connectivity index (χ4n) is 6.78. The molecule has 0 aromatic carbocycles. The Morgan fingerprint density at radius 2 is 0.661 bits per heavy atom. The minimum atomic E-state index is -0.774. The summed E-state index contributed by atoms with van der Waals surface area (Å²) in [4.78, 5) is 37.6. The van der Waals surface area contributed by atoms with Crippen LogP contribution in [0, 0.1) is 0 Å². The lowest BCUT2D eigenvalue weighted by Crippen LogP contribution is -2.30. The number of ether oxygens (including phenoxy) is 3. The van der Waals surface area contributed by atoms with E-state index in [-0.39, 0.29) is 31.1 Å². The number of unbranched alkanes of at least 4 members (excludes halogenated alkanes) is 23. The smallest absolute Gasteiger partial charge is 0.306 e. The molecule has 0 aromatic rings. The molecule has 0 saturated carbocycles. The third kappa shape index (κ3) is 46.0. The van der Waals surface area contributed by atoms with Gasteiger partial charge in [-0.2, -0.15) is 0 Å². The quantitative estimate of drug-likeness (QED) is 0.0263. The summed E-state index contributed by atoms with van der Waals surface area (Å²) < 4.78 is 16.7. The monoisotopic (exact) mass is 825 g/mol. The number of allylic oxidation sites excluding steroid dienone is 10. The van der Waals surface area contributed by atoms with E-state index in [2.05, 4.69) is 81.5 Å². The van der Waals surface area contributed by atoms with Gasteiger partial charge in [0.25, 0.3) is 0 Å². The molecule has 0 aromatic heterocycles. The van der Waals surface area contributed by atoms with Gasteiger partial charge in [-0.3, -0.25) is 14.4 Å². The fourth-order valence-corrected chi connectivity index (χ4v) is 6.78. The molecule has 6 nitrogen and oxygen atoms in total. The molecule has 0 amide bonds. The van der Waals surface area contributed by atoms with Crippen molar-refractivity contribution in [1.29, 1.82) is 0 Å². The molecule has 59 heavy (non-hydrogen) atoms. The first-order valence-corrected chi connectivity index (χ1v) is 24.8. The molecule has 0 aliphatic heterocycles. The number of hydrogen-bond acceptors (Lipinski definition) is 6. The molecule has 0 fully saturated rings. The molecule has 0 rings (SSSR count). The van der Waals surface area contributed by atoms with Gasteiger partial charge in [-0.25, -0.2) is 0 Å². The van der Waals surface area contributed by atoms with E-state index in [1.165, 1.54) is 103 Å². The van der Waals surface area contributed by atoms with Crippen LogP contribution in [0.5, 0.6) is 0 Å². The van der Waals surface area contributed by atoms with Crippen molar-refractivity contribution in [2.45, 2.75) is 245 Å². The summed E-state index contributed by atoms with van der Waals surface area (Å²) in [6, 6.07) is 0. The minimum absolute atomic E-state index is 0.0784. The first-order chi connectivity index (χ1) is 29.0. The number of carbonyl (C=O) groups is 3. The van der Waals surface area contributed by atoms with Crippen molar-refractivity contribution < 1.29 is 28.6 Å². The molecule has 1 atom stereocenters. The van der Waals surface area contributed by atoms with Crippen LogP contribution in [0.3, 0.4) is 0 Å². The van der Waals surface area contributed by atoms with Gasteiger partial charge in [0.05, 0.1) is 0 Å². The summed E-state index contributed by atoms with van der Waals surface area (Å²) >= 11 is 0. The predicted molar refractivity (Wildman–Crippen MR) is 251 cm³/mol. The minimum Gasteiger partial charge on any atom is -0.462 e. The van der Waals surface area contributed by atoms with E-state index in [9.17, 15) is 14.4 Å². The molecule has 0 heterocycles. The van der Waals surface area contributed by atoms with Crippen molar-refractivity contribution >= 4 is 17.9 Å². The highest BCUT2D eigenvalue weighted by molar-refractivity contribution is 5.71. The van der Waals surface area contributed by atoms with E-state index in [0.717, 1.165) is 96.3 Å². The van der Waals surface area contributed by atoms with Gasteiger partial charge >= 0.3 is 17.9 Å². The third-order valence-corrected chi connectivity index (χ3v) is 10.5. The molecule has 0 N–H and O–H groups in total. The summed E-state index contributed by atoms with van der Waals surface area (Å²) in [5.41, 5.74) is 0. The van der Waals surface area contributed by atoms with Crippen molar-refractivity contribution in [3.63, 3.8) is 0 Å².